The van der Waals surface area contributed by atoms with Crippen molar-refractivity contribution < 1.29 is 30.5 Å². The Morgan fingerprint density at radius 1 is 1.07 bits per heavy atom. The maximum atomic E-state index is 14.2. The van der Waals surface area contributed by atoms with Gasteiger partial charge in [0.05, 0.1) is 5.56 Å². The van der Waals surface area contributed by atoms with E-state index in [1.165, 1.54) is 24.3 Å². The lowest BCUT2D eigenvalue weighted by Gasteiger charge is -2.09. The molecule has 1 heterocycles. The summed E-state index contributed by atoms with van der Waals surface area (Å²) in [6.07, 6.45) is -4.92. The summed E-state index contributed by atoms with van der Waals surface area (Å²) in [5.41, 5.74) is -0.867. The van der Waals surface area contributed by atoms with E-state index in [1.54, 1.807) is 0 Å². The van der Waals surface area contributed by atoms with E-state index < -0.39 is 38.2 Å². The molecule has 3 aromatic rings. The number of primary sulfonamides is 1. The first-order valence-corrected chi connectivity index (χ1v) is 9.06. The molecule has 3 rings (SSSR count). The Hall–Kier alpha value is -2.43. The highest BCUT2D eigenvalue weighted by molar-refractivity contribution is 7.89. The average molecular weight is 421 g/mol. The largest absolute Gasteiger partial charge is 0.453 e. The summed E-state index contributed by atoms with van der Waals surface area (Å²) in [6, 6.07) is 8.19. The molecule has 0 amide bonds. The molecule has 0 aliphatic rings. The maximum Gasteiger partial charge on any atom is 0.453 e. The summed E-state index contributed by atoms with van der Waals surface area (Å²) in [4.78, 5) is -0.847. The highest BCUT2D eigenvalue weighted by atomic mass is 35.5. The van der Waals surface area contributed by atoms with E-state index in [2.05, 4.69) is 9.68 Å². The minimum Gasteiger partial charge on any atom is -0.350 e. The molecule has 0 atom stereocenters. The molecule has 2 aromatic carbocycles. The van der Waals surface area contributed by atoms with Gasteiger partial charge < -0.3 is 4.52 Å². The van der Waals surface area contributed by atoms with Crippen molar-refractivity contribution in [3.05, 3.63) is 59.1 Å². The predicted octanol–water partition coefficient (Wildman–Crippen LogP) is 4.47. The number of rotatable bonds is 3. The third-order valence-corrected chi connectivity index (χ3v) is 4.75. The van der Waals surface area contributed by atoms with Gasteiger partial charge in [-0.3, -0.25) is 0 Å². The SMILES string of the molecule is NS(=O)(=O)c1ccc(-c2c(-c3cccc(Cl)c3)noc2C(F)(F)F)cc1F. The fourth-order valence-electron chi connectivity index (χ4n) is 2.47. The normalized spacial score (nSPS) is 12.4. The molecule has 2 N–H and O–H groups in total. The number of sulfonamides is 1. The van der Waals surface area contributed by atoms with Crippen LogP contribution in [-0.2, 0) is 16.2 Å². The zero-order valence-corrected chi connectivity index (χ0v) is 14.7. The average Bonchev–Trinajstić information content (AvgIpc) is 2.98. The van der Waals surface area contributed by atoms with E-state index in [0.29, 0.717) is 6.07 Å². The van der Waals surface area contributed by atoms with E-state index in [4.69, 9.17) is 16.7 Å². The van der Waals surface area contributed by atoms with Gasteiger partial charge in [0.1, 0.15) is 16.4 Å². The second-order valence-corrected chi connectivity index (χ2v) is 7.40. The number of nitrogens with zero attached hydrogens (tertiary/aromatic N) is 1. The predicted molar refractivity (Wildman–Crippen MR) is 88.7 cm³/mol. The first kappa shape index (κ1) is 19.3. The number of aromatic nitrogens is 1. The first-order valence-electron chi connectivity index (χ1n) is 7.14. The van der Waals surface area contributed by atoms with Crippen molar-refractivity contribution in [3.8, 4) is 22.4 Å². The molecule has 0 saturated heterocycles. The van der Waals surface area contributed by atoms with Gasteiger partial charge in [-0.2, -0.15) is 13.2 Å². The highest BCUT2D eigenvalue weighted by Gasteiger charge is 2.41. The number of nitrogens with two attached hydrogens (primary N) is 1. The van der Waals surface area contributed by atoms with E-state index in [0.717, 1.165) is 12.1 Å². The molecule has 0 saturated carbocycles. The van der Waals surface area contributed by atoms with Crippen molar-refractivity contribution in [1.82, 2.24) is 5.16 Å². The number of hydrogen-bond acceptors (Lipinski definition) is 4. The summed E-state index contributed by atoms with van der Waals surface area (Å²) >= 11 is 5.86. The monoisotopic (exact) mass is 420 g/mol. The Morgan fingerprint density at radius 3 is 2.33 bits per heavy atom. The molecular formula is C16H9ClF4N2O3S. The van der Waals surface area contributed by atoms with Crippen LogP contribution in [0.3, 0.4) is 0 Å². The third kappa shape index (κ3) is 3.82. The van der Waals surface area contributed by atoms with Gasteiger partial charge in [0.25, 0.3) is 0 Å². The maximum absolute atomic E-state index is 14.2. The number of halogens is 5. The fourth-order valence-corrected chi connectivity index (χ4v) is 3.25. The molecule has 27 heavy (non-hydrogen) atoms. The van der Waals surface area contributed by atoms with Crippen LogP contribution in [0.25, 0.3) is 22.4 Å². The summed E-state index contributed by atoms with van der Waals surface area (Å²) in [5.74, 6) is -2.76. The van der Waals surface area contributed by atoms with Crippen LogP contribution in [0.1, 0.15) is 5.76 Å². The van der Waals surface area contributed by atoms with Gasteiger partial charge in [0, 0.05) is 10.6 Å². The van der Waals surface area contributed by atoms with Crippen LogP contribution in [-0.4, -0.2) is 13.6 Å². The Labute approximate surface area is 155 Å². The Bertz CT molecular complexity index is 1130. The molecule has 0 aliphatic carbocycles. The molecule has 0 bridgehead atoms. The van der Waals surface area contributed by atoms with E-state index >= 15 is 0 Å². The van der Waals surface area contributed by atoms with Crippen LogP contribution in [0.15, 0.2) is 51.9 Å². The Balaban J connectivity index is 2.28. The molecule has 11 heteroatoms. The lowest BCUT2D eigenvalue weighted by atomic mass is 9.99. The van der Waals surface area contributed by atoms with Crippen molar-refractivity contribution in [2.45, 2.75) is 11.1 Å². The summed E-state index contributed by atoms with van der Waals surface area (Å²) in [5, 5.41) is 8.56. The van der Waals surface area contributed by atoms with E-state index in [9.17, 15) is 26.0 Å². The van der Waals surface area contributed by atoms with Gasteiger partial charge in [0.2, 0.25) is 15.8 Å². The zero-order chi connectivity index (χ0) is 20.0. The van der Waals surface area contributed by atoms with Crippen LogP contribution in [0.5, 0.6) is 0 Å². The quantitative estimate of drug-likeness (QED) is 0.633. The standard InChI is InChI=1S/C16H9ClF4N2O3S/c17-10-3-1-2-9(6-10)14-13(15(26-23-14)16(19,20)21)8-4-5-12(11(18)7-8)27(22,24)25/h1-7H,(H2,22,24,25). The van der Waals surface area contributed by atoms with Gasteiger partial charge in [-0.25, -0.2) is 17.9 Å². The molecular weight excluding hydrogens is 412 g/mol. The van der Waals surface area contributed by atoms with Crippen molar-refractivity contribution in [1.29, 1.82) is 0 Å². The van der Waals surface area contributed by atoms with Gasteiger partial charge in [0.15, 0.2) is 0 Å². The van der Waals surface area contributed by atoms with Crippen molar-refractivity contribution in [2.24, 2.45) is 5.14 Å². The summed E-state index contributed by atoms with van der Waals surface area (Å²) in [6.45, 7) is 0. The number of benzene rings is 2. The van der Waals surface area contributed by atoms with Gasteiger partial charge in [-0.05, 0) is 29.8 Å². The van der Waals surface area contributed by atoms with Crippen molar-refractivity contribution >= 4 is 21.6 Å². The first-order chi connectivity index (χ1) is 12.5. The molecule has 0 unspecified atom stereocenters. The van der Waals surface area contributed by atoms with Crippen LogP contribution < -0.4 is 5.14 Å². The lowest BCUT2D eigenvalue weighted by molar-refractivity contribution is -0.154. The van der Waals surface area contributed by atoms with Gasteiger partial charge in [-0.1, -0.05) is 35.0 Å². The van der Waals surface area contributed by atoms with Gasteiger partial charge in [-0.15, -0.1) is 0 Å². The van der Waals surface area contributed by atoms with Crippen molar-refractivity contribution in [3.63, 3.8) is 0 Å². The number of hydrogen-bond donors (Lipinski definition) is 1. The van der Waals surface area contributed by atoms with Crippen LogP contribution >= 0.6 is 11.6 Å². The molecule has 142 valence electrons. The van der Waals surface area contributed by atoms with Crippen molar-refractivity contribution in [2.75, 3.05) is 0 Å². The smallest absolute Gasteiger partial charge is 0.350 e. The zero-order valence-electron chi connectivity index (χ0n) is 13.1. The second-order valence-electron chi connectivity index (χ2n) is 5.43. The van der Waals surface area contributed by atoms with Gasteiger partial charge >= 0.3 is 6.18 Å². The summed E-state index contributed by atoms with van der Waals surface area (Å²) in [7, 11) is -4.38. The minimum absolute atomic E-state index is 0.202. The molecule has 5 nitrogen and oxygen atoms in total. The topological polar surface area (TPSA) is 86.2 Å². The van der Waals surface area contributed by atoms with E-state index in [1.807, 2.05) is 0 Å². The lowest BCUT2D eigenvalue weighted by Crippen LogP contribution is -2.14. The Kier molecular flexibility index (Phi) is 4.74. The highest BCUT2D eigenvalue weighted by Crippen LogP contribution is 2.43. The third-order valence-electron chi connectivity index (χ3n) is 3.57. The van der Waals surface area contributed by atoms with Crippen LogP contribution in [0.2, 0.25) is 5.02 Å². The fraction of sp³-hybridized carbons (Fsp3) is 0.0625. The second kappa shape index (κ2) is 6.63. The molecule has 0 radical (unpaired) electrons. The van der Waals surface area contributed by atoms with Crippen LogP contribution in [0.4, 0.5) is 17.6 Å². The molecule has 0 fully saturated rings. The van der Waals surface area contributed by atoms with E-state index in [-0.39, 0.29) is 21.8 Å². The molecule has 0 spiro atoms. The molecule has 0 aliphatic heterocycles. The minimum atomic E-state index is -4.92. The van der Waals surface area contributed by atoms with Crippen LogP contribution in [0, 0.1) is 5.82 Å². The number of alkyl halides is 3. The Morgan fingerprint density at radius 2 is 1.78 bits per heavy atom. The molecule has 1 aromatic heterocycles. The summed E-state index contributed by atoms with van der Waals surface area (Å²) < 4.78 is 81.3.